The summed E-state index contributed by atoms with van der Waals surface area (Å²) in [5.74, 6) is 0. The van der Waals surface area contributed by atoms with Gasteiger partial charge in [-0.2, -0.15) is 0 Å². The Morgan fingerprint density at radius 2 is 1.68 bits per heavy atom. The molecule has 0 saturated heterocycles. The number of allylic oxidation sites excluding steroid dienone is 4. The Hall–Kier alpha value is -1.77. The number of nitrogens with one attached hydrogen (secondary N) is 1. The fourth-order valence-corrected chi connectivity index (χ4v) is 1.39. The van der Waals surface area contributed by atoms with Gasteiger partial charge in [0.15, 0.2) is 0 Å². The van der Waals surface area contributed by atoms with E-state index in [4.69, 9.17) is 0 Å². The van der Waals surface area contributed by atoms with E-state index in [2.05, 4.69) is 18.3 Å². The molecule has 1 aromatic heterocycles. The minimum Gasteiger partial charge on any atom is -0.295 e. The van der Waals surface area contributed by atoms with Crippen LogP contribution in [0.5, 0.6) is 0 Å². The normalized spacial score (nSPS) is 9.74. The lowest BCUT2D eigenvalue weighted by Gasteiger charge is -2.02. The first kappa shape index (κ1) is 19.6. The van der Waals surface area contributed by atoms with E-state index in [0.29, 0.717) is 5.56 Å². The van der Waals surface area contributed by atoms with Gasteiger partial charge in [0.1, 0.15) is 0 Å². The maximum absolute atomic E-state index is 11.5. The van der Waals surface area contributed by atoms with Crippen molar-refractivity contribution in [3.63, 3.8) is 0 Å². The van der Waals surface area contributed by atoms with Gasteiger partial charge >= 0.3 is 0 Å². The lowest BCUT2D eigenvalue weighted by molar-refractivity contribution is 0.756. The molecule has 0 amide bonds. The van der Waals surface area contributed by atoms with Gasteiger partial charge in [-0.05, 0) is 25.0 Å². The molecule has 0 aliphatic heterocycles. The number of aromatic amines is 1. The third-order valence-electron chi connectivity index (χ3n) is 2.11. The van der Waals surface area contributed by atoms with Crippen LogP contribution < -0.4 is 5.56 Å². The minimum absolute atomic E-state index is 0.114. The van der Waals surface area contributed by atoms with Gasteiger partial charge in [0, 0.05) is 13.2 Å². The molecule has 0 saturated carbocycles. The Labute approximate surface area is 117 Å². The summed E-state index contributed by atoms with van der Waals surface area (Å²) in [4.78, 5) is 11.5. The summed E-state index contributed by atoms with van der Waals surface area (Å²) in [6.07, 6.45) is 3.65. The van der Waals surface area contributed by atoms with Crippen molar-refractivity contribution in [2.75, 3.05) is 0 Å². The fraction of sp³-hybridized carbons (Fsp3) is 0.438. The highest BCUT2D eigenvalue weighted by Gasteiger charge is 2.07. The molecule has 3 heteroatoms. The summed E-state index contributed by atoms with van der Waals surface area (Å²) in [6.45, 7) is 19.5. The molecule has 0 atom stereocenters. The maximum Gasteiger partial charge on any atom is 0.271 e. The maximum atomic E-state index is 11.5. The molecule has 0 aliphatic rings. The molecule has 0 unspecified atom stereocenters. The minimum atomic E-state index is -0.114. The first-order chi connectivity index (χ1) is 8.91. The van der Waals surface area contributed by atoms with Gasteiger partial charge in [-0.15, -0.1) is 0 Å². The van der Waals surface area contributed by atoms with E-state index >= 15 is 0 Å². The van der Waals surface area contributed by atoms with Crippen molar-refractivity contribution >= 4 is 5.57 Å². The molecule has 0 bridgehead atoms. The van der Waals surface area contributed by atoms with E-state index in [0.717, 1.165) is 16.7 Å². The third-order valence-corrected chi connectivity index (χ3v) is 2.11. The number of hydrogen-bond acceptors (Lipinski definition) is 1. The first-order valence-corrected chi connectivity index (χ1v) is 6.71. The molecule has 0 aromatic carbocycles. The molecule has 0 fully saturated rings. The van der Waals surface area contributed by atoms with Crippen molar-refractivity contribution in [1.82, 2.24) is 9.78 Å². The molecule has 0 radical (unpaired) electrons. The van der Waals surface area contributed by atoms with Crippen LogP contribution in [0.1, 0.15) is 47.1 Å². The van der Waals surface area contributed by atoms with Crippen LogP contribution in [0.3, 0.4) is 0 Å². The monoisotopic (exact) mass is 264 g/mol. The van der Waals surface area contributed by atoms with Gasteiger partial charge in [0.25, 0.3) is 5.56 Å². The molecule has 19 heavy (non-hydrogen) atoms. The second-order valence-corrected chi connectivity index (χ2v) is 3.75. The van der Waals surface area contributed by atoms with Crippen LogP contribution in [0, 0.1) is 0 Å². The van der Waals surface area contributed by atoms with Crippen LogP contribution in [0.25, 0.3) is 5.57 Å². The van der Waals surface area contributed by atoms with Gasteiger partial charge in [-0.1, -0.05) is 52.5 Å². The molecule has 0 spiro atoms. The predicted molar refractivity (Wildman–Crippen MR) is 86.3 cm³/mol. The molecule has 1 heterocycles. The molecular formula is C16H28N2O. The molecular weight excluding hydrogens is 236 g/mol. The molecule has 0 aliphatic carbocycles. The zero-order chi connectivity index (χ0) is 15.6. The zero-order valence-electron chi connectivity index (χ0n) is 13.4. The van der Waals surface area contributed by atoms with Crippen molar-refractivity contribution in [3.05, 3.63) is 52.5 Å². The number of aryl methyl sites for hydroxylation is 1. The lowest BCUT2D eigenvalue weighted by Crippen LogP contribution is -2.06. The summed E-state index contributed by atoms with van der Waals surface area (Å²) in [5, 5.41) is 2.65. The van der Waals surface area contributed by atoms with Gasteiger partial charge in [0.05, 0.1) is 5.56 Å². The highest BCUT2D eigenvalue weighted by atomic mass is 16.1. The van der Waals surface area contributed by atoms with Crippen molar-refractivity contribution < 1.29 is 0 Å². The van der Waals surface area contributed by atoms with E-state index in [-0.39, 0.29) is 5.56 Å². The number of nitrogens with zero attached hydrogens (tertiary/aromatic N) is 1. The van der Waals surface area contributed by atoms with Crippen molar-refractivity contribution in [2.45, 2.75) is 41.5 Å². The van der Waals surface area contributed by atoms with E-state index in [1.165, 1.54) is 0 Å². The number of aromatic nitrogens is 2. The van der Waals surface area contributed by atoms with E-state index in [1.54, 1.807) is 17.9 Å². The highest BCUT2D eigenvalue weighted by molar-refractivity contribution is 5.76. The Morgan fingerprint density at radius 1 is 1.21 bits per heavy atom. The molecule has 1 N–H and O–H groups in total. The van der Waals surface area contributed by atoms with Gasteiger partial charge in [-0.25, -0.2) is 0 Å². The van der Waals surface area contributed by atoms with Crippen LogP contribution >= 0.6 is 0 Å². The van der Waals surface area contributed by atoms with Gasteiger partial charge in [-0.3, -0.25) is 14.6 Å². The predicted octanol–water partition coefficient (Wildman–Crippen LogP) is 4.30. The standard InChI is InChI=1S/C12H16N2O.2C2H6/c1-8(2)6-9(3)10(4)11-7-14(5)13-12(11)15;2*1-2/h6-7H,1,4H2,2-3,5H3,(H,13,15);2*1-2H3/b9-6-;;. The largest absolute Gasteiger partial charge is 0.295 e. The van der Waals surface area contributed by atoms with E-state index in [9.17, 15) is 4.79 Å². The van der Waals surface area contributed by atoms with Crippen LogP contribution in [-0.4, -0.2) is 9.78 Å². The van der Waals surface area contributed by atoms with Crippen LogP contribution in [0.4, 0.5) is 0 Å². The van der Waals surface area contributed by atoms with Crippen LogP contribution in [0.15, 0.2) is 41.4 Å². The lowest BCUT2D eigenvalue weighted by atomic mass is 10.0. The average molecular weight is 264 g/mol. The van der Waals surface area contributed by atoms with Crippen molar-refractivity contribution in [1.29, 1.82) is 0 Å². The van der Waals surface area contributed by atoms with Gasteiger partial charge < -0.3 is 0 Å². The Morgan fingerprint density at radius 3 is 2.00 bits per heavy atom. The Kier molecular flexibility index (Phi) is 10.5. The molecule has 108 valence electrons. The number of rotatable bonds is 3. The third kappa shape index (κ3) is 6.65. The van der Waals surface area contributed by atoms with Crippen LogP contribution in [0.2, 0.25) is 0 Å². The first-order valence-electron chi connectivity index (χ1n) is 6.71. The Balaban J connectivity index is 0. The smallest absolute Gasteiger partial charge is 0.271 e. The summed E-state index contributed by atoms with van der Waals surface area (Å²) in [7, 11) is 1.77. The second-order valence-electron chi connectivity index (χ2n) is 3.75. The number of hydrogen-bond donors (Lipinski definition) is 1. The van der Waals surface area contributed by atoms with E-state index in [1.807, 2.05) is 47.6 Å². The fourth-order valence-electron chi connectivity index (χ4n) is 1.39. The summed E-state index contributed by atoms with van der Waals surface area (Å²) < 4.78 is 1.62. The SMILES string of the molecule is C=C(C)/C=C(/C)C(=C)c1cn(C)[nH]c1=O.CC.CC. The topological polar surface area (TPSA) is 37.8 Å². The van der Waals surface area contributed by atoms with Crippen molar-refractivity contribution in [2.24, 2.45) is 7.05 Å². The molecule has 1 rings (SSSR count). The van der Waals surface area contributed by atoms with Gasteiger partial charge in [0.2, 0.25) is 0 Å². The molecule has 1 aromatic rings. The highest BCUT2D eigenvalue weighted by Crippen LogP contribution is 2.18. The quantitative estimate of drug-likeness (QED) is 0.812. The van der Waals surface area contributed by atoms with Crippen molar-refractivity contribution in [3.8, 4) is 0 Å². The summed E-state index contributed by atoms with van der Waals surface area (Å²) in [5.41, 5.74) is 3.13. The Bertz CT molecular complexity index is 487. The van der Waals surface area contributed by atoms with E-state index < -0.39 is 0 Å². The van der Waals surface area contributed by atoms with Crippen LogP contribution in [-0.2, 0) is 7.05 Å². The summed E-state index contributed by atoms with van der Waals surface area (Å²) >= 11 is 0. The average Bonchev–Trinajstić information content (AvgIpc) is 2.71. The summed E-state index contributed by atoms with van der Waals surface area (Å²) in [6, 6.07) is 0. The second kappa shape index (κ2) is 10.2. The zero-order valence-corrected chi connectivity index (χ0v) is 13.4. The molecule has 3 nitrogen and oxygen atoms in total. The number of H-pyrrole nitrogens is 1.